The maximum absolute atomic E-state index is 12.1. The first-order valence-corrected chi connectivity index (χ1v) is 4.45. The minimum absolute atomic E-state index is 0.0904. The lowest BCUT2D eigenvalue weighted by molar-refractivity contribution is -0.274. The maximum Gasteiger partial charge on any atom is 0.573 e. The van der Waals surface area contributed by atoms with Crippen molar-refractivity contribution in [1.29, 1.82) is 0 Å². The fourth-order valence-corrected chi connectivity index (χ4v) is 1.24. The van der Waals surface area contributed by atoms with Crippen molar-refractivity contribution in [2.24, 2.45) is 0 Å². The SMILES string of the molecule is FC(F)Oc1nc2cccc(OC(F)(F)F)c2o1. The second-order valence-electron chi connectivity index (χ2n) is 3.01. The van der Waals surface area contributed by atoms with Gasteiger partial charge in [-0.1, -0.05) is 6.07 Å². The second kappa shape index (κ2) is 4.31. The molecule has 0 aliphatic rings. The monoisotopic (exact) mass is 269 g/mol. The van der Waals surface area contributed by atoms with Crippen LogP contribution in [0.15, 0.2) is 22.6 Å². The molecule has 0 spiro atoms. The van der Waals surface area contributed by atoms with E-state index in [1.54, 1.807) is 0 Å². The van der Waals surface area contributed by atoms with Crippen molar-refractivity contribution < 1.29 is 35.8 Å². The first-order chi connectivity index (χ1) is 8.35. The molecule has 0 bridgehead atoms. The molecule has 0 saturated heterocycles. The van der Waals surface area contributed by atoms with E-state index in [9.17, 15) is 22.0 Å². The Morgan fingerprint density at radius 2 is 1.94 bits per heavy atom. The number of alkyl halides is 5. The Morgan fingerprint density at radius 1 is 1.22 bits per heavy atom. The molecule has 1 heterocycles. The minimum Gasteiger partial charge on any atom is -0.405 e. The smallest absolute Gasteiger partial charge is 0.405 e. The Kier molecular flexibility index (Phi) is 2.97. The molecule has 0 fully saturated rings. The number of aromatic nitrogens is 1. The third-order valence-electron chi connectivity index (χ3n) is 1.77. The van der Waals surface area contributed by atoms with Crippen LogP contribution in [0, 0.1) is 0 Å². The molecule has 0 N–H and O–H groups in total. The molecule has 1 aromatic heterocycles. The first kappa shape index (κ1) is 12.4. The Bertz CT molecular complexity index is 551. The Hall–Kier alpha value is -2.06. The van der Waals surface area contributed by atoms with Crippen molar-refractivity contribution in [2.75, 3.05) is 0 Å². The minimum atomic E-state index is -4.93. The summed E-state index contributed by atoms with van der Waals surface area (Å²) in [4.78, 5) is 3.43. The number of nitrogens with zero attached hydrogens (tertiary/aromatic N) is 1. The quantitative estimate of drug-likeness (QED) is 0.802. The van der Waals surface area contributed by atoms with E-state index in [1.807, 2.05) is 0 Å². The van der Waals surface area contributed by atoms with Crippen LogP contribution in [0.1, 0.15) is 0 Å². The van der Waals surface area contributed by atoms with Crippen LogP contribution in [-0.2, 0) is 0 Å². The van der Waals surface area contributed by atoms with Gasteiger partial charge in [0.1, 0.15) is 5.52 Å². The van der Waals surface area contributed by atoms with E-state index >= 15 is 0 Å². The molecule has 98 valence electrons. The predicted octanol–water partition coefficient (Wildman–Crippen LogP) is 3.33. The van der Waals surface area contributed by atoms with E-state index in [1.165, 1.54) is 12.1 Å². The van der Waals surface area contributed by atoms with E-state index < -0.39 is 30.4 Å². The highest BCUT2D eigenvalue weighted by Gasteiger charge is 2.32. The third kappa shape index (κ3) is 2.79. The molecule has 0 aliphatic carbocycles. The number of hydrogen-bond acceptors (Lipinski definition) is 4. The van der Waals surface area contributed by atoms with E-state index in [4.69, 9.17) is 0 Å². The van der Waals surface area contributed by atoms with Crippen molar-refractivity contribution in [1.82, 2.24) is 4.98 Å². The normalized spacial score (nSPS) is 12.1. The molecule has 0 unspecified atom stereocenters. The number of fused-ring (bicyclic) bond motifs is 1. The number of halogens is 5. The van der Waals surface area contributed by atoms with Gasteiger partial charge in [0.2, 0.25) is 5.58 Å². The van der Waals surface area contributed by atoms with E-state index in [-0.39, 0.29) is 5.52 Å². The summed E-state index contributed by atoms with van der Waals surface area (Å²) >= 11 is 0. The average Bonchev–Trinajstić information content (AvgIpc) is 2.57. The predicted molar refractivity (Wildman–Crippen MR) is 47.3 cm³/mol. The van der Waals surface area contributed by atoms with Crippen molar-refractivity contribution in [2.45, 2.75) is 13.0 Å². The van der Waals surface area contributed by atoms with E-state index in [0.717, 1.165) is 6.07 Å². The Morgan fingerprint density at radius 3 is 2.56 bits per heavy atom. The average molecular weight is 269 g/mol. The van der Waals surface area contributed by atoms with Gasteiger partial charge in [0.15, 0.2) is 5.75 Å². The zero-order valence-corrected chi connectivity index (χ0v) is 8.37. The summed E-state index contributed by atoms with van der Waals surface area (Å²) in [6.45, 7) is -3.19. The molecule has 2 rings (SSSR count). The molecule has 0 amide bonds. The molecule has 9 heteroatoms. The Balaban J connectivity index is 2.39. The van der Waals surface area contributed by atoms with Gasteiger partial charge < -0.3 is 13.9 Å². The van der Waals surface area contributed by atoms with E-state index in [2.05, 4.69) is 18.9 Å². The van der Waals surface area contributed by atoms with Crippen LogP contribution < -0.4 is 9.47 Å². The van der Waals surface area contributed by atoms with Crippen LogP contribution in [0.25, 0.3) is 11.1 Å². The second-order valence-corrected chi connectivity index (χ2v) is 3.01. The molecule has 0 atom stereocenters. The van der Waals surface area contributed by atoms with Crippen LogP contribution in [0.5, 0.6) is 11.8 Å². The number of benzene rings is 1. The lowest BCUT2D eigenvalue weighted by Gasteiger charge is -2.07. The van der Waals surface area contributed by atoms with Gasteiger partial charge in [-0.15, -0.1) is 13.2 Å². The molecule has 18 heavy (non-hydrogen) atoms. The standard InChI is InChI=1S/C9H4F5NO3/c10-7(11)17-8-15-4-2-1-3-5(6(4)16-8)18-9(12,13)14/h1-3,7H. The van der Waals surface area contributed by atoms with Gasteiger partial charge in [-0.25, -0.2) is 0 Å². The van der Waals surface area contributed by atoms with Gasteiger partial charge in [0.05, 0.1) is 0 Å². The maximum atomic E-state index is 12.1. The molecule has 2 aromatic rings. The highest BCUT2D eigenvalue weighted by atomic mass is 19.4. The van der Waals surface area contributed by atoms with Crippen LogP contribution in [0.3, 0.4) is 0 Å². The summed E-state index contributed by atoms with van der Waals surface area (Å²) in [6.07, 6.45) is -5.76. The number of hydrogen-bond donors (Lipinski definition) is 0. The highest BCUT2D eigenvalue weighted by molar-refractivity contribution is 5.79. The molecule has 1 aromatic carbocycles. The third-order valence-corrected chi connectivity index (χ3v) is 1.77. The summed E-state index contributed by atoms with van der Waals surface area (Å²) in [5.74, 6) is -0.684. The highest BCUT2D eigenvalue weighted by Crippen LogP contribution is 2.33. The molecule has 0 radical (unpaired) electrons. The first-order valence-electron chi connectivity index (χ1n) is 4.45. The van der Waals surface area contributed by atoms with Gasteiger partial charge in [0, 0.05) is 0 Å². The van der Waals surface area contributed by atoms with Gasteiger partial charge in [-0.2, -0.15) is 13.8 Å². The zero-order valence-electron chi connectivity index (χ0n) is 8.37. The summed E-state index contributed by atoms with van der Waals surface area (Å²) in [5, 5.41) is 0. The number of para-hydroxylation sites is 1. The largest absolute Gasteiger partial charge is 0.573 e. The summed E-state index contributed by atoms with van der Waals surface area (Å²) in [5.41, 5.74) is -0.516. The lowest BCUT2D eigenvalue weighted by Crippen LogP contribution is -2.17. The summed E-state index contributed by atoms with van der Waals surface area (Å²) in [7, 11) is 0. The molecular formula is C9H4F5NO3. The van der Waals surface area contributed by atoms with Gasteiger partial charge in [0.25, 0.3) is 0 Å². The van der Waals surface area contributed by atoms with Crippen molar-refractivity contribution in [3.63, 3.8) is 0 Å². The van der Waals surface area contributed by atoms with Gasteiger partial charge >= 0.3 is 19.1 Å². The van der Waals surface area contributed by atoms with E-state index in [0.29, 0.717) is 0 Å². The van der Waals surface area contributed by atoms with Gasteiger partial charge in [-0.05, 0) is 12.1 Å². The van der Waals surface area contributed by atoms with Crippen LogP contribution in [0.4, 0.5) is 22.0 Å². The Labute approximate surface area is 95.9 Å². The number of rotatable bonds is 3. The van der Waals surface area contributed by atoms with Gasteiger partial charge in [-0.3, -0.25) is 0 Å². The van der Waals surface area contributed by atoms with Crippen LogP contribution in [-0.4, -0.2) is 18.0 Å². The number of oxazole rings is 1. The summed E-state index contributed by atoms with van der Waals surface area (Å²) < 4.78 is 72.0. The van der Waals surface area contributed by atoms with Crippen molar-refractivity contribution >= 4 is 11.1 Å². The summed E-state index contributed by atoms with van der Waals surface area (Å²) in [6, 6.07) is 3.44. The molecule has 0 aliphatic heterocycles. The zero-order chi connectivity index (χ0) is 13.3. The van der Waals surface area contributed by atoms with Crippen molar-refractivity contribution in [3.8, 4) is 11.8 Å². The number of ether oxygens (including phenoxy) is 2. The lowest BCUT2D eigenvalue weighted by atomic mass is 10.3. The molecule has 0 saturated carbocycles. The fourth-order valence-electron chi connectivity index (χ4n) is 1.24. The van der Waals surface area contributed by atoms with Crippen LogP contribution >= 0.6 is 0 Å². The topological polar surface area (TPSA) is 44.5 Å². The van der Waals surface area contributed by atoms with Crippen molar-refractivity contribution in [3.05, 3.63) is 18.2 Å². The molecule has 4 nitrogen and oxygen atoms in total. The van der Waals surface area contributed by atoms with Crippen LogP contribution in [0.2, 0.25) is 0 Å². The fraction of sp³-hybridized carbons (Fsp3) is 0.222. The molecular weight excluding hydrogens is 265 g/mol.